The minimum atomic E-state index is -0.564. The average molecular weight is 451 g/mol. The standard InChI is InChI=1S/C25H23ClN2O4/c1-15(2)28-24(29)20(16(3)21(13-27)25(28)30)11-18-7-10-22(23(12-18)31-4)32-14-17-5-8-19(26)9-6-17/h5-12,15H,14H2,1-4H3/b20-11+. The van der Waals surface area contributed by atoms with Gasteiger partial charge in [-0.1, -0.05) is 29.8 Å². The molecule has 0 saturated heterocycles. The highest BCUT2D eigenvalue weighted by Gasteiger charge is 2.36. The highest BCUT2D eigenvalue weighted by atomic mass is 35.5. The summed E-state index contributed by atoms with van der Waals surface area (Å²) in [6, 6.07) is 14.2. The van der Waals surface area contributed by atoms with Gasteiger partial charge < -0.3 is 9.47 Å². The molecule has 0 N–H and O–H groups in total. The molecule has 1 aliphatic heterocycles. The van der Waals surface area contributed by atoms with Crippen LogP contribution in [0.25, 0.3) is 6.08 Å². The van der Waals surface area contributed by atoms with Crippen molar-refractivity contribution in [2.45, 2.75) is 33.4 Å². The van der Waals surface area contributed by atoms with Crippen LogP contribution in [0.1, 0.15) is 31.9 Å². The first-order valence-electron chi connectivity index (χ1n) is 10.0. The van der Waals surface area contributed by atoms with Gasteiger partial charge in [0.05, 0.1) is 7.11 Å². The maximum absolute atomic E-state index is 13.0. The first kappa shape index (κ1) is 23.1. The summed E-state index contributed by atoms with van der Waals surface area (Å²) in [7, 11) is 1.53. The van der Waals surface area contributed by atoms with Crippen LogP contribution in [0.5, 0.6) is 11.5 Å². The van der Waals surface area contributed by atoms with Crippen molar-refractivity contribution >= 4 is 29.5 Å². The fourth-order valence-corrected chi connectivity index (χ4v) is 3.50. The van der Waals surface area contributed by atoms with Gasteiger partial charge in [-0.3, -0.25) is 14.5 Å². The van der Waals surface area contributed by atoms with E-state index in [2.05, 4.69) is 0 Å². The molecule has 1 heterocycles. The topological polar surface area (TPSA) is 79.6 Å². The first-order valence-corrected chi connectivity index (χ1v) is 10.4. The van der Waals surface area contributed by atoms with E-state index in [9.17, 15) is 14.9 Å². The maximum atomic E-state index is 13.0. The van der Waals surface area contributed by atoms with Crippen LogP contribution in [-0.2, 0) is 16.2 Å². The van der Waals surface area contributed by atoms with Gasteiger partial charge in [0.1, 0.15) is 18.2 Å². The molecule has 164 valence electrons. The Bertz CT molecular complexity index is 1160. The van der Waals surface area contributed by atoms with Gasteiger partial charge in [-0.2, -0.15) is 5.26 Å². The van der Waals surface area contributed by atoms with Crippen LogP contribution in [0.4, 0.5) is 0 Å². The lowest BCUT2D eigenvalue weighted by molar-refractivity contribution is -0.142. The SMILES string of the molecule is COc1cc(/C=C2/C(=O)N(C(C)C)C(=O)C(C#N)=C2C)ccc1OCc1ccc(Cl)cc1. The van der Waals surface area contributed by atoms with E-state index in [-0.39, 0.29) is 11.6 Å². The molecule has 0 fully saturated rings. The number of nitrogens with zero attached hydrogens (tertiary/aromatic N) is 2. The second kappa shape index (κ2) is 9.71. The summed E-state index contributed by atoms with van der Waals surface area (Å²) in [6.45, 7) is 5.42. The van der Waals surface area contributed by atoms with Crippen molar-refractivity contribution in [3.63, 3.8) is 0 Å². The van der Waals surface area contributed by atoms with Gasteiger partial charge in [-0.25, -0.2) is 0 Å². The number of carbonyl (C=O) groups is 2. The zero-order valence-corrected chi connectivity index (χ0v) is 19.1. The Balaban J connectivity index is 1.93. The summed E-state index contributed by atoms with van der Waals surface area (Å²) < 4.78 is 11.3. The Hall–Kier alpha value is -3.56. The molecule has 0 radical (unpaired) electrons. The summed E-state index contributed by atoms with van der Waals surface area (Å²) in [4.78, 5) is 26.6. The van der Waals surface area contributed by atoms with Gasteiger partial charge in [0.25, 0.3) is 11.8 Å². The normalized spacial score (nSPS) is 15.4. The molecule has 0 unspecified atom stereocenters. The number of benzene rings is 2. The second-order valence-corrected chi connectivity index (χ2v) is 8.01. The third kappa shape index (κ3) is 4.68. The zero-order chi connectivity index (χ0) is 23.4. The second-order valence-electron chi connectivity index (χ2n) is 7.57. The van der Waals surface area contributed by atoms with Gasteiger partial charge >= 0.3 is 0 Å². The number of ether oxygens (including phenoxy) is 2. The Morgan fingerprint density at radius 2 is 1.78 bits per heavy atom. The number of hydrogen-bond acceptors (Lipinski definition) is 5. The van der Waals surface area contributed by atoms with E-state index in [1.807, 2.05) is 18.2 Å². The summed E-state index contributed by atoms with van der Waals surface area (Å²) in [5.41, 5.74) is 2.27. The molecule has 7 heteroatoms. The molecule has 0 saturated carbocycles. The molecule has 2 amide bonds. The molecule has 1 aliphatic rings. The van der Waals surface area contributed by atoms with Crippen LogP contribution in [0, 0.1) is 11.3 Å². The molecule has 2 aromatic rings. The van der Waals surface area contributed by atoms with E-state index in [0.29, 0.717) is 39.8 Å². The van der Waals surface area contributed by atoms with Crippen LogP contribution >= 0.6 is 11.6 Å². The predicted octanol–water partition coefficient (Wildman–Crippen LogP) is 4.93. The van der Waals surface area contributed by atoms with Crippen molar-refractivity contribution in [2.24, 2.45) is 0 Å². The monoisotopic (exact) mass is 450 g/mol. The van der Waals surface area contributed by atoms with Crippen molar-refractivity contribution in [1.82, 2.24) is 4.90 Å². The molecular formula is C25H23ClN2O4. The first-order chi connectivity index (χ1) is 15.3. The Morgan fingerprint density at radius 3 is 2.38 bits per heavy atom. The number of amides is 2. The highest BCUT2D eigenvalue weighted by Crippen LogP contribution is 2.32. The summed E-state index contributed by atoms with van der Waals surface area (Å²) >= 11 is 5.91. The summed E-state index contributed by atoms with van der Waals surface area (Å²) in [6.07, 6.45) is 1.66. The van der Waals surface area contributed by atoms with Crippen LogP contribution in [0.15, 0.2) is 59.2 Å². The van der Waals surface area contributed by atoms with Crippen LogP contribution in [0.2, 0.25) is 5.02 Å². The van der Waals surface area contributed by atoms with Crippen molar-refractivity contribution in [1.29, 1.82) is 5.26 Å². The van der Waals surface area contributed by atoms with E-state index in [1.165, 1.54) is 7.11 Å². The highest BCUT2D eigenvalue weighted by molar-refractivity contribution is 6.30. The molecule has 6 nitrogen and oxygen atoms in total. The van der Waals surface area contributed by atoms with Crippen molar-refractivity contribution in [3.8, 4) is 17.6 Å². The molecule has 0 bridgehead atoms. The molecule has 0 aliphatic carbocycles. The largest absolute Gasteiger partial charge is 0.493 e. The molecule has 0 spiro atoms. The fourth-order valence-electron chi connectivity index (χ4n) is 3.37. The summed E-state index contributed by atoms with van der Waals surface area (Å²) in [5.74, 6) is 0.0493. The third-order valence-electron chi connectivity index (χ3n) is 5.10. The number of imide groups is 1. The lowest BCUT2D eigenvalue weighted by Crippen LogP contribution is -2.46. The lowest BCUT2D eigenvalue weighted by atomic mass is 9.93. The molecule has 3 rings (SSSR count). The van der Waals surface area contributed by atoms with Crippen LogP contribution in [0.3, 0.4) is 0 Å². The van der Waals surface area contributed by atoms with E-state index < -0.39 is 11.8 Å². The van der Waals surface area contributed by atoms with Crippen molar-refractivity contribution in [3.05, 3.63) is 75.3 Å². The minimum absolute atomic E-state index is 0.0283. The molecule has 0 atom stereocenters. The Morgan fingerprint density at radius 1 is 1.09 bits per heavy atom. The number of carbonyl (C=O) groups excluding carboxylic acids is 2. The zero-order valence-electron chi connectivity index (χ0n) is 18.3. The number of hydrogen-bond donors (Lipinski definition) is 0. The Labute approximate surface area is 192 Å². The number of methoxy groups -OCH3 is 1. The van der Waals surface area contributed by atoms with Gasteiger partial charge in [0.15, 0.2) is 11.5 Å². The predicted molar refractivity (Wildman–Crippen MR) is 122 cm³/mol. The number of rotatable bonds is 6. The fraction of sp³-hybridized carbons (Fsp3) is 0.240. The lowest BCUT2D eigenvalue weighted by Gasteiger charge is -2.30. The third-order valence-corrected chi connectivity index (χ3v) is 5.35. The molecular weight excluding hydrogens is 428 g/mol. The number of halogens is 1. The van der Waals surface area contributed by atoms with Crippen molar-refractivity contribution < 1.29 is 19.1 Å². The minimum Gasteiger partial charge on any atom is -0.493 e. The van der Waals surface area contributed by atoms with E-state index in [0.717, 1.165) is 10.5 Å². The van der Waals surface area contributed by atoms with Crippen molar-refractivity contribution in [2.75, 3.05) is 7.11 Å². The van der Waals surface area contributed by atoms with Gasteiger partial charge in [-0.05, 0) is 67.8 Å². The van der Waals surface area contributed by atoms with Crippen LogP contribution in [-0.4, -0.2) is 29.9 Å². The van der Waals surface area contributed by atoms with Gasteiger partial charge in [-0.15, -0.1) is 0 Å². The van der Waals surface area contributed by atoms with E-state index >= 15 is 0 Å². The summed E-state index contributed by atoms with van der Waals surface area (Å²) in [5, 5.41) is 10.1. The smallest absolute Gasteiger partial charge is 0.271 e. The Kier molecular flexibility index (Phi) is 7.01. The van der Waals surface area contributed by atoms with Crippen LogP contribution < -0.4 is 9.47 Å². The van der Waals surface area contributed by atoms with E-state index in [1.54, 1.807) is 57.2 Å². The average Bonchev–Trinajstić information content (AvgIpc) is 2.76. The van der Waals surface area contributed by atoms with Gasteiger partial charge in [0.2, 0.25) is 0 Å². The quantitative estimate of drug-likeness (QED) is 0.460. The molecule has 2 aromatic carbocycles. The number of nitriles is 1. The molecule has 0 aromatic heterocycles. The van der Waals surface area contributed by atoms with E-state index in [4.69, 9.17) is 21.1 Å². The van der Waals surface area contributed by atoms with Gasteiger partial charge in [0, 0.05) is 16.6 Å². The molecule has 32 heavy (non-hydrogen) atoms. The maximum Gasteiger partial charge on any atom is 0.271 e.